The molecule has 0 aliphatic carbocycles. The van der Waals surface area contributed by atoms with Crippen LogP contribution < -0.4 is 0 Å². The van der Waals surface area contributed by atoms with Crippen molar-refractivity contribution >= 4 is 22.0 Å². The van der Waals surface area contributed by atoms with Gasteiger partial charge in [0.2, 0.25) is 0 Å². The molecule has 0 amide bonds. The van der Waals surface area contributed by atoms with E-state index in [9.17, 15) is 0 Å². The summed E-state index contributed by atoms with van der Waals surface area (Å²) in [7, 11) is 0. The highest BCUT2D eigenvalue weighted by molar-refractivity contribution is 9.10. The summed E-state index contributed by atoms with van der Waals surface area (Å²) in [5.41, 5.74) is 16.4. The van der Waals surface area contributed by atoms with Crippen LogP contribution in [-0.2, 0) is 0 Å². The average molecular weight is 874 g/mol. The van der Waals surface area contributed by atoms with Gasteiger partial charge in [-0.3, -0.25) is 0 Å². The van der Waals surface area contributed by atoms with Crippen molar-refractivity contribution in [2.75, 3.05) is 0 Å². The maximum atomic E-state index is 5.23. The highest BCUT2D eigenvalue weighted by Gasteiger charge is 2.21. The van der Waals surface area contributed by atoms with Crippen molar-refractivity contribution in [3.63, 3.8) is 0 Å². The first-order valence-electron chi connectivity index (χ1n) is 20.8. The Labute approximate surface area is 377 Å². The lowest BCUT2D eigenvalue weighted by atomic mass is 9.99. The lowest BCUT2D eigenvalue weighted by Gasteiger charge is -2.16. The molecule has 0 unspecified atom stereocenters. The maximum absolute atomic E-state index is 5.23. The van der Waals surface area contributed by atoms with E-state index in [1.54, 1.807) is 0 Å². The maximum Gasteiger partial charge on any atom is 0.0973 e. The summed E-state index contributed by atoms with van der Waals surface area (Å²) in [6.45, 7) is 3.87. The van der Waals surface area contributed by atoms with Gasteiger partial charge in [-0.05, 0) is 17.7 Å². The molecule has 0 fully saturated rings. The molecule has 10 aromatic rings. The summed E-state index contributed by atoms with van der Waals surface area (Å²) in [5.74, 6) is 0. The van der Waals surface area contributed by atoms with Crippen molar-refractivity contribution in [3.8, 4) is 90.1 Å². The summed E-state index contributed by atoms with van der Waals surface area (Å²) < 4.78 is 1.04. The summed E-state index contributed by atoms with van der Waals surface area (Å²) >= 11 is 3.54. The zero-order valence-corrected chi connectivity index (χ0v) is 36.0. The third-order valence-electron chi connectivity index (χ3n) is 10.6. The highest BCUT2D eigenvalue weighted by Crippen LogP contribution is 2.39. The van der Waals surface area contributed by atoms with Crippen LogP contribution in [0.15, 0.2) is 242 Å². The summed E-state index contributed by atoms with van der Waals surface area (Å²) in [5, 5.41) is 0. The Kier molecular flexibility index (Phi) is 12.4. The van der Waals surface area contributed by atoms with Crippen LogP contribution in [0.25, 0.3) is 96.1 Å². The standard InChI is InChI=1S/C30H22N2.C28H19BrN2/c1-2-22-18-20-26(21-19-22)30-29(25-16-10-5-11-17-25)31-27(23-12-6-3-7-13-23)28(32-30)24-14-8-4-9-15-24;29-24-18-16-23(17-19-24)28-27(22-14-8-3-9-15-22)30-25(20-10-4-1-5-11-20)26(31-28)21-12-6-2-7-13-21/h2-21H,1H2;1-19H. The monoisotopic (exact) mass is 872 g/mol. The largest absolute Gasteiger partial charge is 0.243 e. The van der Waals surface area contributed by atoms with Gasteiger partial charge in [0.1, 0.15) is 0 Å². The van der Waals surface area contributed by atoms with E-state index >= 15 is 0 Å². The normalized spacial score (nSPS) is 10.7. The van der Waals surface area contributed by atoms with Gasteiger partial charge in [0.25, 0.3) is 0 Å². The first-order chi connectivity index (χ1) is 31.1. The number of rotatable bonds is 9. The molecule has 2 heterocycles. The molecule has 8 aromatic carbocycles. The van der Waals surface area contributed by atoms with Gasteiger partial charge in [0, 0.05) is 49.0 Å². The second-order valence-electron chi connectivity index (χ2n) is 14.8. The fourth-order valence-corrected chi connectivity index (χ4v) is 7.71. The second kappa shape index (κ2) is 19.2. The van der Waals surface area contributed by atoms with Crippen LogP contribution in [0.5, 0.6) is 0 Å². The van der Waals surface area contributed by atoms with E-state index in [0.717, 1.165) is 100 Å². The van der Waals surface area contributed by atoms with E-state index in [2.05, 4.69) is 132 Å². The van der Waals surface area contributed by atoms with Crippen molar-refractivity contribution in [2.24, 2.45) is 0 Å². The molecule has 0 N–H and O–H groups in total. The van der Waals surface area contributed by atoms with Crippen LogP contribution in [0.4, 0.5) is 0 Å². The van der Waals surface area contributed by atoms with Gasteiger partial charge in [-0.25, -0.2) is 19.9 Å². The minimum Gasteiger partial charge on any atom is -0.243 e. The van der Waals surface area contributed by atoms with E-state index in [0.29, 0.717) is 0 Å². The number of halogens is 1. The molecule has 0 atom stereocenters. The van der Waals surface area contributed by atoms with E-state index in [-0.39, 0.29) is 0 Å². The van der Waals surface area contributed by atoms with Gasteiger partial charge in [-0.2, -0.15) is 0 Å². The summed E-state index contributed by atoms with van der Waals surface area (Å²) in [4.78, 5) is 20.9. The molecule has 0 aliphatic rings. The predicted octanol–water partition coefficient (Wildman–Crippen LogP) is 15.7. The Morgan fingerprint density at radius 1 is 0.254 bits per heavy atom. The van der Waals surface area contributed by atoms with Crippen LogP contribution in [0.1, 0.15) is 5.56 Å². The number of benzene rings is 8. The van der Waals surface area contributed by atoms with Crippen molar-refractivity contribution in [1.82, 2.24) is 19.9 Å². The molecule has 0 spiro atoms. The third-order valence-corrected chi connectivity index (χ3v) is 11.1. The van der Waals surface area contributed by atoms with Gasteiger partial charge < -0.3 is 0 Å². The number of hydrogen-bond donors (Lipinski definition) is 0. The SMILES string of the molecule is Brc1ccc(-c2nc(-c3ccccc3)c(-c3ccccc3)nc2-c2ccccc2)cc1.C=Cc1ccc(-c2nc(-c3ccccc3)c(-c3ccccc3)nc2-c2ccccc2)cc1. The Balaban J connectivity index is 0.000000160. The van der Waals surface area contributed by atoms with Gasteiger partial charge in [0.05, 0.1) is 45.6 Å². The molecular formula is C58H41BrN4. The number of nitrogens with zero attached hydrogens (tertiary/aromatic N) is 4. The van der Waals surface area contributed by atoms with Crippen molar-refractivity contribution in [1.29, 1.82) is 0 Å². The molecule has 0 radical (unpaired) electrons. The van der Waals surface area contributed by atoms with Gasteiger partial charge in [-0.1, -0.05) is 247 Å². The highest BCUT2D eigenvalue weighted by atomic mass is 79.9. The van der Waals surface area contributed by atoms with Crippen LogP contribution >= 0.6 is 15.9 Å². The van der Waals surface area contributed by atoms with Crippen LogP contribution in [-0.4, -0.2) is 19.9 Å². The summed E-state index contributed by atoms with van der Waals surface area (Å²) in [6.07, 6.45) is 1.85. The fourth-order valence-electron chi connectivity index (χ4n) is 7.44. The lowest BCUT2D eigenvalue weighted by molar-refractivity contribution is 1.21. The molecule has 5 heteroatoms. The van der Waals surface area contributed by atoms with E-state index < -0.39 is 0 Å². The first kappa shape index (κ1) is 40.5. The van der Waals surface area contributed by atoms with E-state index in [4.69, 9.17) is 19.9 Å². The Hall–Kier alpha value is -7.86. The third kappa shape index (κ3) is 9.25. The van der Waals surface area contributed by atoms with Gasteiger partial charge >= 0.3 is 0 Å². The van der Waals surface area contributed by atoms with Crippen LogP contribution in [0.3, 0.4) is 0 Å². The van der Waals surface area contributed by atoms with Crippen molar-refractivity contribution in [3.05, 3.63) is 247 Å². The molecule has 10 rings (SSSR count). The zero-order chi connectivity index (χ0) is 42.8. The minimum atomic E-state index is 0.866. The van der Waals surface area contributed by atoms with E-state index in [1.807, 2.05) is 127 Å². The van der Waals surface area contributed by atoms with Gasteiger partial charge in [0.15, 0.2) is 0 Å². The Morgan fingerprint density at radius 2 is 0.444 bits per heavy atom. The zero-order valence-electron chi connectivity index (χ0n) is 34.4. The molecule has 4 nitrogen and oxygen atoms in total. The summed E-state index contributed by atoms with van der Waals surface area (Å²) in [6, 6.07) is 78.2. The average Bonchev–Trinajstić information content (AvgIpc) is 3.37. The molecule has 0 saturated heterocycles. The molecule has 2 aromatic heterocycles. The topological polar surface area (TPSA) is 51.6 Å². The number of aromatic nitrogens is 4. The molecule has 300 valence electrons. The fraction of sp³-hybridized carbons (Fsp3) is 0. The molecule has 0 saturated carbocycles. The molecule has 0 bridgehead atoms. The van der Waals surface area contributed by atoms with Gasteiger partial charge in [-0.15, -0.1) is 0 Å². The Morgan fingerprint density at radius 3 is 0.651 bits per heavy atom. The van der Waals surface area contributed by atoms with E-state index in [1.165, 1.54) is 0 Å². The smallest absolute Gasteiger partial charge is 0.0973 e. The molecule has 0 aliphatic heterocycles. The quantitative estimate of drug-likeness (QED) is 0.145. The molecular weight excluding hydrogens is 833 g/mol. The minimum absolute atomic E-state index is 0.866. The molecule has 63 heavy (non-hydrogen) atoms. The Bertz CT molecular complexity index is 3070. The van der Waals surface area contributed by atoms with Crippen molar-refractivity contribution in [2.45, 2.75) is 0 Å². The number of hydrogen-bond acceptors (Lipinski definition) is 4. The van der Waals surface area contributed by atoms with Crippen molar-refractivity contribution < 1.29 is 0 Å². The predicted molar refractivity (Wildman–Crippen MR) is 265 cm³/mol. The first-order valence-corrected chi connectivity index (χ1v) is 21.6. The van der Waals surface area contributed by atoms with Crippen LogP contribution in [0.2, 0.25) is 0 Å². The van der Waals surface area contributed by atoms with Crippen LogP contribution in [0, 0.1) is 0 Å². The lowest BCUT2D eigenvalue weighted by Crippen LogP contribution is -2.00. The second-order valence-corrected chi connectivity index (χ2v) is 15.7.